The Balaban J connectivity index is 2.32. The van der Waals surface area contributed by atoms with Crippen LogP contribution in [-0.2, 0) is 19.2 Å². The number of aliphatic hydroxyl groups is 1. The van der Waals surface area contributed by atoms with Crippen molar-refractivity contribution < 1.29 is 29.4 Å². The van der Waals surface area contributed by atoms with Gasteiger partial charge in [0.15, 0.2) is 0 Å². The predicted octanol–water partition coefficient (Wildman–Crippen LogP) is -0.0330. The lowest BCUT2D eigenvalue weighted by Gasteiger charge is -2.32. The third-order valence-electron chi connectivity index (χ3n) is 4.73. The number of hydrogen-bond donors (Lipinski definition) is 3. The van der Waals surface area contributed by atoms with E-state index in [1.807, 2.05) is 0 Å². The van der Waals surface area contributed by atoms with Crippen molar-refractivity contribution in [3.63, 3.8) is 0 Å². The lowest BCUT2D eigenvalue weighted by Crippen LogP contribution is -2.44. The van der Waals surface area contributed by atoms with E-state index in [9.17, 15) is 29.4 Å². The number of aliphatic carboxylic acids is 1. The molecule has 0 saturated carbocycles. The highest BCUT2D eigenvalue weighted by molar-refractivity contribution is 8.04. The van der Waals surface area contributed by atoms with Gasteiger partial charge < -0.3 is 19.9 Å². The molecule has 0 radical (unpaired) electrons. The molecule has 0 aromatic carbocycles. The van der Waals surface area contributed by atoms with Crippen LogP contribution < -0.4 is 5.32 Å². The van der Waals surface area contributed by atoms with Gasteiger partial charge in [0.05, 0.1) is 17.3 Å². The number of carbonyl (C=O) groups excluding carboxylic acids is 3. The van der Waals surface area contributed by atoms with Gasteiger partial charge in [0.25, 0.3) is 0 Å². The van der Waals surface area contributed by atoms with E-state index in [0.717, 1.165) is 11.8 Å². The quantitative estimate of drug-likeness (QED) is 0.440. The van der Waals surface area contributed by atoms with E-state index in [1.54, 1.807) is 14.0 Å². The number of imide groups is 1. The topological polar surface area (TPSA) is 124 Å². The Morgan fingerprint density at radius 3 is 2.56 bits per heavy atom. The zero-order chi connectivity index (χ0) is 18.9. The summed E-state index contributed by atoms with van der Waals surface area (Å²) in [6.45, 7) is 3.27. The van der Waals surface area contributed by atoms with Crippen molar-refractivity contribution in [2.75, 3.05) is 7.05 Å². The Morgan fingerprint density at radius 2 is 2.08 bits per heavy atom. The summed E-state index contributed by atoms with van der Waals surface area (Å²) in [6.07, 6.45) is 0.251. The van der Waals surface area contributed by atoms with Gasteiger partial charge in [-0.2, -0.15) is 0 Å². The Morgan fingerprint density at radius 1 is 1.44 bits per heavy atom. The smallest absolute Gasteiger partial charge is 0.353 e. The minimum absolute atomic E-state index is 0.0275. The van der Waals surface area contributed by atoms with Crippen LogP contribution in [0.5, 0.6) is 0 Å². The highest BCUT2D eigenvalue weighted by Gasteiger charge is 2.46. The van der Waals surface area contributed by atoms with E-state index < -0.39 is 35.2 Å². The third kappa shape index (κ3) is 3.72. The number of nitrogens with one attached hydrogen (secondary N) is 1. The molecule has 0 unspecified atom stereocenters. The molecular formula is C16H22N2O6S. The number of aldehydes is 1. The number of carboxylic acid groups (broad SMARTS) is 1. The summed E-state index contributed by atoms with van der Waals surface area (Å²) in [5, 5.41) is 21.2. The minimum Gasteiger partial charge on any atom is -0.477 e. The number of carboxylic acids is 1. The van der Waals surface area contributed by atoms with Crippen LogP contribution in [0.4, 0.5) is 0 Å². The first kappa shape index (κ1) is 19.5. The average Bonchev–Trinajstić information content (AvgIpc) is 2.75. The second-order valence-corrected chi connectivity index (χ2v) is 7.66. The molecule has 25 heavy (non-hydrogen) atoms. The fourth-order valence-corrected chi connectivity index (χ4v) is 4.86. The van der Waals surface area contributed by atoms with Gasteiger partial charge in [0, 0.05) is 30.3 Å². The standard InChI is InChI=1S/C16H22N2O6S/c1-7-12(9(6-19)8(2)20)18(3)13(16(23)24)14(7)25-10-4-5-11(21)17-15(10)22/h6-10,12,20H,4-5H2,1-3H3,(H,23,24)(H,17,21,22)/t7-,8-,9-,10+,12-/m1/s1. The van der Waals surface area contributed by atoms with E-state index in [1.165, 1.54) is 11.8 Å². The third-order valence-corrected chi connectivity index (χ3v) is 6.28. The summed E-state index contributed by atoms with van der Waals surface area (Å²) in [5.74, 6) is -3.02. The van der Waals surface area contributed by atoms with Crippen molar-refractivity contribution in [2.45, 2.75) is 44.1 Å². The predicted molar refractivity (Wildman–Crippen MR) is 90.4 cm³/mol. The first-order valence-electron chi connectivity index (χ1n) is 8.03. The first-order chi connectivity index (χ1) is 11.7. The molecule has 8 nitrogen and oxygen atoms in total. The van der Waals surface area contributed by atoms with Gasteiger partial charge in [-0.1, -0.05) is 6.92 Å². The van der Waals surface area contributed by atoms with Crippen LogP contribution in [0.3, 0.4) is 0 Å². The van der Waals surface area contributed by atoms with Gasteiger partial charge in [-0.05, 0) is 13.3 Å². The molecule has 0 aromatic heterocycles. The van der Waals surface area contributed by atoms with Crippen molar-refractivity contribution >= 4 is 35.8 Å². The molecule has 0 aliphatic carbocycles. The maximum Gasteiger partial charge on any atom is 0.353 e. The number of amides is 2. The van der Waals surface area contributed by atoms with Crippen LogP contribution in [0.15, 0.2) is 10.6 Å². The number of aliphatic hydroxyl groups excluding tert-OH is 1. The van der Waals surface area contributed by atoms with Crippen molar-refractivity contribution in [1.82, 2.24) is 10.2 Å². The highest BCUT2D eigenvalue weighted by atomic mass is 32.2. The van der Waals surface area contributed by atoms with E-state index >= 15 is 0 Å². The second-order valence-electron chi connectivity index (χ2n) is 6.42. The Kier molecular flexibility index (Phi) is 5.89. The van der Waals surface area contributed by atoms with Crippen LogP contribution in [0.2, 0.25) is 0 Å². The van der Waals surface area contributed by atoms with Crippen molar-refractivity contribution in [3.8, 4) is 0 Å². The van der Waals surface area contributed by atoms with Gasteiger partial charge in [0.1, 0.15) is 12.0 Å². The molecule has 3 N–H and O–H groups in total. The zero-order valence-electron chi connectivity index (χ0n) is 14.3. The number of rotatable bonds is 6. The molecule has 2 aliphatic heterocycles. The van der Waals surface area contributed by atoms with Gasteiger partial charge in [-0.25, -0.2) is 4.79 Å². The summed E-state index contributed by atoms with van der Waals surface area (Å²) in [7, 11) is 1.57. The molecule has 2 rings (SSSR count). The lowest BCUT2D eigenvalue weighted by atomic mass is 9.88. The Labute approximate surface area is 149 Å². The van der Waals surface area contributed by atoms with Gasteiger partial charge in [0.2, 0.25) is 11.8 Å². The molecule has 1 saturated heterocycles. The summed E-state index contributed by atoms with van der Waals surface area (Å²) in [6, 6.07) is -0.514. The molecule has 2 aliphatic rings. The summed E-state index contributed by atoms with van der Waals surface area (Å²) >= 11 is 1.13. The molecule has 0 bridgehead atoms. The molecule has 1 fully saturated rings. The van der Waals surface area contributed by atoms with Crippen molar-refractivity contribution in [1.29, 1.82) is 0 Å². The molecule has 2 heterocycles. The van der Waals surface area contributed by atoms with Crippen LogP contribution in [0.25, 0.3) is 0 Å². The molecule has 2 amide bonds. The minimum atomic E-state index is -1.15. The van der Waals surface area contributed by atoms with E-state index in [4.69, 9.17) is 0 Å². The first-order valence-corrected chi connectivity index (χ1v) is 8.91. The largest absolute Gasteiger partial charge is 0.477 e. The average molecular weight is 370 g/mol. The highest BCUT2D eigenvalue weighted by Crippen LogP contribution is 2.45. The molecule has 5 atom stereocenters. The van der Waals surface area contributed by atoms with Crippen LogP contribution in [-0.4, -0.2) is 63.6 Å². The molecular weight excluding hydrogens is 348 g/mol. The molecule has 138 valence electrons. The second kappa shape index (κ2) is 7.57. The molecule has 0 aromatic rings. The number of thioether (sulfide) groups is 1. The van der Waals surface area contributed by atoms with Gasteiger partial charge >= 0.3 is 5.97 Å². The number of hydrogen-bond acceptors (Lipinski definition) is 7. The maximum absolute atomic E-state index is 12.0. The van der Waals surface area contributed by atoms with E-state index in [-0.39, 0.29) is 23.9 Å². The summed E-state index contributed by atoms with van der Waals surface area (Å²) < 4.78 is 0. The summed E-state index contributed by atoms with van der Waals surface area (Å²) in [5.41, 5.74) is 0.0275. The SMILES string of the molecule is C[C@@H](O)[C@@H](C=O)[C@H]1[C@@H](C)C(S[C@H]2CCC(=O)NC2=O)=C(C(=O)O)N1C. The Hall–Kier alpha value is -1.87. The van der Waals surface area contributed by atoms with E-state index in [0.29, 0.717) is 17.6 Å². The molecule has 9 heteroatoms. The fraction of sp³-hybridized carbons (Fsp3) is 0.625. The van der Waals surface area contributed by atoms with Gasteiger partial charge in [-0.15, -0.1) is 11.8 Å². The van der Waals surface area contributed by atoms with E-state index in [2.05, 4.69) is 5.32 Å². The number of likely N-dealkylation sites (N-methyl/N-ethyl adjacent to an activating group) is 1. The van der Waals surface area contributed by atoms with Crippen molar-refractivity contribution in [3.05, 3.63) is 10.6 Å². The number of piperidine rings is 1. The van der Waals surface area contributed by atoms with Crippen LogP contribution >= 0.6 is 11.8 Å². The lowest BCUT2D eigenvalue weighted by molar-refractivity contribution is -0.135. The maximum atomic E-state index is 12.0. The molecule has 0 spiro atoms. The Bertz CT molecular complexity index is 632. The zero-order valence-corrected chi connectivity index (χ0v) is 15.1. The van der Waals surface area contributed by atoms with Gasteiger partial charge in [-0.3, -0.25) is 14.9 Å². The number of nitrogens with zero attached hydrogens (tertiary/aromatic N) is 1. The number of carbonyl (C=O) groups is 4. The normalized spacial score (nSPS) is 29.4. The van der Waals surface area contributed by atoms with Crippen LogP contribution in [0.1, 0.15) is 26.7 Å². The fourth-order valence-electron chi connectivity index (χ4n) is 3.46. The summed E-state index contributed by atoms with van der Waals surface area (Å²) in [4.78, 5) is 48.4. The van der Waals surface area contributed by atoms with Crippen LogP contribution in [0, 0.1) is 11.8 Å². The monoisotopic (exact) mass is 370 g/mol. The van der Waals surface area contributed by atoms with Crippen molar-refractivity contribution in [2.24, 2.45) is 11.8 Å².